The minimum absolute atomic E-state index is 0.654. The second kappa shape index (κ2) is 12.3. The lowest BCUT2D eigenvalue weighted by molar-refractivity contribution is 1.10. The van der Waals surface area contributed by atoms with E-state index in [-0.39, 0.29) is 0 Å². The fraction of sp³-hybridized carbons (Fsp3) is 0.0556. The van der Waals surface area contributed by atoms with E-state index in [1.54, 1.807) is 0 Å². The van der Waals surface area contributed by atoms with E-state index < -0.39 is 0 Å². The van der Waals surface area contributed by atoms with E-state index in [1.807, 2.05) is 98.8 Å². The van der Waals surface area contributed by atoms with Crippen molar-refractivity contribution in [3.63, 3.8) is 0 Å². The van der Waals surface area contributed by atoms with Gasteiger partial charge in [0.15, 0.2) is 23.3 Å². The van der Waals surface area contributed by atoms with Crippen molar-refractivity contribution in [1.29, 1.82) is 0 Å². The first-order chi connectivity index (χ1) is 20.8. The molecular weight excluding hydrogens is 516 g/mol. The third-order valence-corrected chi connectivity index (χ3v) is 6.88. The molecule has 6 heteroatoms. The summed E-state index contributed by atoms with van der Waals surface area (Å²) in [6, 6.07) is 45.2. The van der Waals surface area contributed by atoms with Crippen LogP contribution in [0.1, 0.15) is 13.8 Å². The Labute approximate surface area is 245 Å². The number of nitrogens with one attached hydrogen (secondary N) is 2. The lowest BCUT2D eigenvalue weighted by Crippen LogP contribution is -1.86. The van der Waals surface area contributed by atoms with Crippen molar-refractivity contribution in [1.82, 2.24) is 30.4 Å². The number of rotatable bonds is 6. The van der Waals surface area contributed by atoms with Crippen LogP contribution in [0.4, 0.5) is 0 Å². The summed E-state index contributed by atoms with van der Waals surface area (Å²) in [6.45, 7) is 4.00. The van der Waals surface area contributed by atoms with Crippen LogP contribution in [0.3, 0.4) is 0 Å². The van der Waals surface area contributed by atoms with E-state index in [9.17, 15) is 0 Å². The van der Waals surface area contributed by atoms with Crippen LogP contribution in [0.5, 0.6) is 0 Å². The number of benzene rings is 5. The summed E-state index contributed by atoms with van der Waals surface area (Å²) in [5.41, 5.74) is 8.43. The standard InChI is InChI=1S/C34H24N6.C2H6/c1-3-8-23(9-4-1)25-14-18-27(19-15-25)31-35-33(39-37-31)29-12-7-13-30(22-29)34-36-32(38-40-34)28-20-16-26(17-21-28)24-10-5-2-6-11-24;1-2/h1-22H,(H,35,37,39)(H,36,38,40);1-2H3. The molecular formula is C36H30N6. The Hall–Kier alpha value is -5.62. The maximum Gasteiger partial charge on any atom is 0.181 e. The van der Waals surface area contributed by atoms with Crippen molar-refractivity contribution in [3.8, 4) is 67.8 Å². The van der Waals surface area contributed by atoms with Gasteiger partial charge in [0.1, 0.15) is 0 Å². The van der Waals surface area contributed by atoms with Gasteiger partial charge in [-0.15, -0.1) is 0 Å². The summed E-state index contributed by atoms with van der Waals surface area (Å²) in [6.07, 6.45) is 0. The second-order valence-electron chi connectivity index (χ2n) is 9.48. The van der Waals surface area contributed by atoms with Gasteiger partial charge >= 0.3 is 0 Å². The van der Waals surface area contributed by atoms with Gasteiger partial charge in [0.2, 0.25) is 0 Å². The molecule has 2 N–H and O–H groups in total. The van der Waals surface area contributed by atoms with E-state index >= 15 is 0 Å². The van der Waals surface area contributed by atoms with Gasteiger partial charge in [-0.05, 0) is 28.3 Å². The van der Waals surface area contributed by atoms with Gasteiger partial charge in [-0.2, -0.15) is 10.2 Å². The average molecular weight is 547 g/mol. The Morgan fingerprint density at radius 1 is 0.357 bits per heavy atom. The summed E-state index contributed by atoms with van der Waals surface area (Å²) in [5.74, 6) is 2.70. The zero-order chi connectivity index (χ0) is 28.7. The topological polar surface area (TPSA) is 83.1 Å². The molecule has 42 heavy (non-hydrogen) atoms. The monoisotopic (exact) mass is 546 g/mol. The lowest BCUT2D eigenvalue weighted by Gasteiger charge is -2.02. The first-order valence-corrected chi connectivity index (χ1v) is 14.1. The summed E-state index contributed by atoms with van der Waals surface area (Å²) in [4.78, 5) is 9.52. The largest absolute Gasteiger partial charge is 0.259 e. The quantitative estimate of drug-likeness (QED) is 0.218. The van der Waals surface area contributed by atoms with E-state index in [0.717, 1.165) is 33.4 Å². The molecule has 0 radical (unpaired) electrons. The highest BCUT2D eigenvalue weighted by molar-refractivity contribution is 5.72. The second-order valence-corrected chi connectivity index (χ2v) is 9.48. The molecule has 0 unspecified atom stereocenters. The Morgan fingerprint density at radius 3 is 1.10 bits per heavy atom. The van der Waals surface area contributed by atoms with Crippen LogP contribution >= 0.6 is 0 Å². The molecule has 0 spiro atoms. The third-order valence-electron chi connectivity index (χ3n) is 6.88. The van der Waals surface area contributed by atoms with E-state index in [1.165, 1.54) is 11.1 Å². The molecule has 0 amide bonds. The normalized spacial score (nSPS) is 10.6. The van der Waals surface area contributed by atoms with Gasteiger partial charge in [0.25, 0.3) is 0 Å². The van der Waals surface area contributed by atoms with Gasteiger partial charge < -0.3 is 0 Å². The Morgan fingerprint density at radius 2 is 0.690 bits per heavy atom. The van der Waals surface area contributed by atoms with Crippen LogP contribution in [-0.4, -0.2) is 30.4 Å². The fourth-order valence-electron chi connectivity index (χ4n) is 4.74. The molecule has 0 atom stereocenters. The van der Waals surface area contributed by atoms with Gasteiger partial charge in [-0.1, -0.05) is 141 Å². The van der Waals surface area contributed by atoms with Gasteiger partial charge in [0, 0.05) is 22.3 Å². The summed E-state index contributed by atoms with van der Waals surface area (Å²) >= 11 is 0. The minimum Gasteiger partial charge on any atom is -0.259 e. The van der Waals surface area contributed by atoms with Crippen molar-refractivity contribution in [2.75, 3.05) is 0 Å². The smallest absolute Gasteiger partial charge is 0.181 e. The SMILES string of the molecule is CC.c1ccc(-c2ccc(-c3n[nH]c(-c4cccc(-c5nc(-c6ccc(-c7ccccc7)cc6)n[nH]5)c4)n3)cc2)cc1. The van der Waals surface area contributed by atoms with Crippen LogP contribution in [0.25, 0.3) is 67.8 Å². The van der Waals surface area contributed by atoms with Crippen molar-refractivity contribution in [3.05, 3.63) is 133 Å². The highest BCUT2D eigenvalue weighted by Gasteiger charge is 2.12. The molecule has 2 aromatic heterocycles. The Bertz CT molecular complexity index is 1730. The zero-order valence-electron chi connectivity index (χ0n) is 23.5. The van der Waals surface area contributed by atoms with Crippen LogP contribution in [0.15, 0.2) is 133 Å². The molecule has 5 aromatic carbocycles. The van der Waals surface area contributed by atoms with E-state index in [2.05, 4.69) is 68.9 Å². The number of aromatic amines is 2. The van der Waals surface area contributed by atoms with Crippen LogP contribution in [0.2, 0.25) is 0 Å². The molecule has 7 rings (SSSR count). The lowest BCUT2D eigenvalue weighted by atomic mass is 10.0. The van der Waals surface area contributed by atoms with Crippen LogP contribution in [-0.2, 0) is 0 Å². The third kappa shape index (κ3) is 5.64. The molecule has 2 heterocycles. The van der Waals surface area contributed by atoms with Crippen molar-refractivity contribution in [2.24, 2.45) is 0 Å². The number of hydrogen-bond donors (Lipinski definition) is 2. The molecule has 204 valence electrons. The van der Waals surface area contributed by atoms with E-state index in [4.69, 9.17) is 9.97 Å². The molecule has 0 fully saturated rings. The molecule has 0 saturated heterocycles. The predicted molar refractivity (Wildman–Crippen MR) is 170 cm³/mol. The summed E-state index contributed by atoms with van der Waals surface area (Å²) in [7, 11) is 0. The Balaban J connectivity index is 0.00000155. The number of nitrogens with zero attached hydrogens (tertiary/aromatic N) is 4. The number of aromatic nitrogens is 6. The van der Waals surface area contributed by atoms with Crippen molar-refractivity contribution in [2.45, 2.75) is 13.8 Å². The maximum atomic E-state index is 4.76. The molecule has 6 nitrogen and oxygen atoms in total. The molecule has 7 aromatic rings. The molecule has 0 saturated carbocycles. The number of hydrogen-bond acceptors (Lipinski definition) is 4. The molecule has 0 aliphatic heterocycles. The Kier molecular flexibility index (Phi) is 7.77. The molecule has 0 aliphatic carbocycles. The van der Waals surface area contributed by atoms with Crippen LogP contribution < -0.4 is 0 Å². The summed E-state index contributed by atoms with van der Waals surface area (Å²) < 4.78 is 0. The van der Waals surface area contributed by atoms with Crippen LogP contribution in [0, 0.1) is 0 Å². The van der Waals surface area contributed by atoms with Crippen molar-refractivity contribution >= 4 is 0 Å². The highest BCUT2D eigenvalue weighted by Crippen LogP contribution is 2.28. The van der Waals surface area contributed by atoms with Crippen molar-refractivity contribution < 1.29 is 0 Å². The summed E-state index contributed by atoms with van der Waals surface area (Å²) in [5, 5.41) is 15.1. The predicted octanol–water partition coefficient (Wildman–Crippen LogP) is 8.95. The van der Waals surface area contributed by atoms with E-state index in [0.29, 0.717) is 23.3 Å². The number of H-pyrrole nitrogens is 2. The average Bonchev–Trinajstić information content (AvgIpc) is 3.78. The minimum atomic E-state index is 0.654. The molecule has 0 aliphatic rings. The highest BCUT2D eigenvalue weighted by atomic mass is 15.2. The van der Waals surface area contributed by atoms with Gasteiger partial charge in [0.05, 0.1) is 0 Å². The maximum absolute atomic E-state index is 4.76. The zero-order valence-corrected chi connectivity index (χ0v) is 23.5. The first-order valence-electron chi connectivity index (χ1n) is 14.1. The van der Waals surface area contributed by atoms with Gasteiger partial charge in [-0.3, -0.25) is 10.2 Å². The first kappa shape index (κ1) is 26.6. The molecule has 0 bridgehead atoms. The van der Waals surface area contributed by atoms with Gasteiger partial charge in [-0.25, -0.2) is 9.97 Å². The fourth-order valence-corrected chi connectivity index (χ4v) is 4.74.